The van der Waals surface area contributed by atoms with Gasteiger partial charge in [0.15, 0.2) is 5.78 Å². The summed E-state index contributed by atoms with van der Waals surface area (Å²) in [4.78, 5) is 28.2. The predicted octanol–water partition coefficient (Wildman–Crippen LogP) is 4.66. The van der Waals surface area contributed by atoms with Crippen molar-refractivity contribution in [2.45, 2.75) is 27.2 Å². The summed E-state index contributed by atoms with van der Waals surface area (Å²) in [5.41, 5.74) is 5.18. The molecule has 0 spiro atoms. The molecule has 3 heterocycles. The first-order valence-corrected chi connectivity index (χ1v) is 8.98. The van der Waals surface area contributed by atoms with Crippen LogP contribution in [0.4, 0.5) is 11.6 Å². The lowest BCUT2D eigenvalue weighted by Gasteiger charge is -2.12. The van der Waals surface area contributed by atoms with Crippen LogP contribution in [0.5, 0.6) is 0 Å². The fourth-order valence-electron chi connectivity index (χ4n) is 3.17. The van der Waals surface area contributed by atoms with E-state index in [-0.39, 0.29) is 5.78 Å². The van der Waals surface area contributed by atoms with Gasteiger partial charge in [0.25, 0.3) is 0 Å². The smallest absolute Gasteiger partial charge is 0.227 e. The molecule has 0 aliphatic carbocycles. The van der Waals surface area contributed by atoms with E-state index in [4.69, 9.17) is 0 Å². The Morgan fingerprint density at radius 3 is 2.89 bits per heavy atom. The Balaban J connectivity index is 1.63. The van der Waals surface area contributed by atoms with Crippen molar-refractivity contribution in [2.24, 2.45) is 10.9 Å². The van der Waals surface area contributed by atoms with Crippen molar-refractivity contribution in [1.29, 1.82) is 0 Å². The number of allylic oxidation sites excluding steroid dienone is 1. The molecule has 2 aromatic heterocycles. The van der Waals surface area contributed by atoms with Gasteiger partial charge in [-0.3, -0.25) is 9.79 Å². The number of H-pyrrole nitrogens is 1. The van der Waals surface area contributed by atoms with Gasteiger partial charge >= 0.3 is 0 Å². The Hall–Kier alpha value is -3.28. The number of nitrogens with zero attached hydrogens (tertiary/aromatic N) is 3. The average Bonchev–Trinajstić information content (AvgIpc) is 3.08. The van der Waals surface area contributed by atoms with E-state index in [0.717, 1.165) is 40.0 Å². The Bertz CT molecular complexity index is 1090. The molecule has 1 unspecified atom stereocenters. The minimum atomic E-state index is 0.0202. The van der Waals surface area contributed by atoms with E-state index in [0.29, 0.717) is 17.6 Å². The number of rotatable bonds is 4. The van der Waals surface area contributed by atoms with Gasteiger partial charge in [0.1, 0.15) is 0 Å². The fourth-order valence-corrected chi connectivity index (χ4v) is 3.17. The van der Waals surface area contributed by atoms with Gasteiger partial charge in [0.05, 0.1) is 17.1 Å². The second kappa shape index (κ2) is 6.79. The first kappa shape index (κ1) is 17.1. The maximum absolute atomic E-state index is 11.6. The van der Waals surface area contributed by atoms with Crippen LogP contribution in [0.2, 0.25) is 0 Å². The number of nitrogens with one attached hydrogen (secondary N) is 2. The number of carbonyl (C=O) groups is 1. The number of aromatic nitrogens is 3. The van der Waals surface area contributed by atoms with Crippen LogP contribution in [0.1, 0.15) is 42.0 Å². The van der Waals surface area contributed by atoms with Crippen molar-refractivity contribution in [3.05, 3.63) is 53.5 Å². The van der Waals surface area contributed by atoms with Gasteiger partial charge in [-0.25, -0.2) is 9.97 Å². The Kier molecular flexibility index (Phi) is 4.32. The maximum atomic E-state index is 11.6. The standard InChI is InChI=1S/C21H21N5O/c1-12-4-5-17(23-11-12)18-6-7-22-21(26-18)24-16-8-13(2)20-15(9-16)10-19(25-20)14(3)27/h5-12,25H,4H2,1-3H3,(H,22,24,26). The second-order valence-corrected chi connectivity index (χ2v) is 6.97. The number of Topliss-reactive ketones (excluding diaryl/α,β-unsaturated/α-hetero) is 1. The molecule has 0 bridgehead atoms. The summed E-state index contributed by atoms with van der Waals surface area (Å²) in [6, 6.07) is 7.74. The van der Waals surface area contributed by atoms with Crippen LogP contribution in [0.25, 0.3) is 16.6 Å². The molecular weight excluding hydrogens is 338 g/mol. The van der Waals surface area contributed by atoms with E-state index in [1.165, 1.54) is 0 Å². The molecule has 4 rings (SSSR count). The number of hydrogen-bond acceptors (Lipinski definition) is 5. The zero-order valence-corrected chi connectivity index (χ0v) is 15.6. The molecule has 1 aliphatic heterocycles. The Morgan fingerprint density at radius 2 is 2.15 bits per heavy atom. The number of aromatic amines is 1. The topological polar surface area (TPSA) is 83.0 Å². The lowest BCUT2D eigenvalue weighted by atomic mass is 10.1. The third-order valence-electron chi connectivity index (χ3n) is 4.63. The molecule has 3 aromatic rings. The Labute approximate surface area is 157 Å². The molecule has 0 amide bonds. The highest BCUT2D eigenvalue weighted by Crippen LogP contribution is 2.26. The molecule has 27 heavy (non-hydrogen) atoms. The summed E-state index contributed by atoms with van der Waals surface area (Å²) in [5.74, 6) is 0.999. The lowest BCUT2D eigenvalue weighted by Crippen LogP contribution is -2.03. The number of hydrogen-bond donors (Lipinski definition) is 2. The van der Waals surface area contributed by atoms with E-state index in [9.17, 15) is 4.79 Å². The van der Waals surface area contributed by atoms with Gasteiger partial charge < -0.3 is 10.3 Å². The highest BCUT2D eigenvalue weighted by Gasteiger charge is 2.11. The third kappa shape index (κ3) is 3.51. The summed E-state index contributed by atoms with van der Waals surface area (Å²) in [6.07, 6.45) is 6.76. The average molecular weight is 359 g/mol. The lowest BCUT2D eigenvalue weighted by molar-refractivity contribution is 0.101. The van der Waals surface area contributed by atoms with Crippen LogP contribution in [0.3, 0.4) is 0 Å². The summed E-state index contributed by atoms with van der Waals surface area (Å²) >= 11 is 0. The summed E-state index contributed by atoms with van der Waals surface area (Å²) in [6.45, 7) is 5.70. The maximum Gasteiger partial charge on any atom is 0.227 e. The summed E-state index contributed by atoms with van der Waals surface area (Å²) in [7, 11) is 0. The molecule has 6 heteroatoms. The SMILES string of the molecule is CC(=O)c1cc2cc(Nc3nccc(C4=CCC(C)C=N4)n3)cc(C)c2[nH]1. The van der Waals surface area contributed by atoms with Crippen molar-refractivity contribution in [1.82, 2.24) is 15.0 Å². The number of aryl methyl sites for hydroxylation is 1. The number of anilines is 2. The highest BCUT2D eigenvalue weighted by atomic mass is 16.1. The van der Waals surface area contributed by atoms with E-state index in [1.807, 2.05) is 37.4 Å². The molecule has 136 valence electrons. The number of benzene rings is 1. The number of fused-ring (bicyclic) bond motifs is 1. The van der Waals surface area contributed by atoms with Crippen molar-refractivity contribution >= 4 is 40.2 Å². The molecule has 1 aliphatic rings. The van der Waals surface area contributed by atoms with Gasteiger partial charge in [-0.05, 0) is 49.1 Å². The zero-order valence-electron chi connectivity index (χ0n) is 15.6. The molecule has 1 atom stereocenters. The molecule has 0 saturated heterocycles. The summed E-state index contributed by atoms with van der Waals surface area (Å²) < 4.78 is 0. The van der Waals surface area contributed by atoms with E-state index < -0.39 is 0 Å². The van der Waals surface area contributed by atoms with Gasteiger partial charge in [-0.1, -0.05) is 13.0 Å². The molecule has 2 N–H and O–H groups in total. The van der Waals surface area contributed by atoms with Crippen molar-refractivity contribution in [3.63, 3.8) is 0 Å². The van der Waals surface area contributed by atoms with E-state index >= 15 is 0 Å². The number of ketones is 1. The molecule has 0 fully saturated rings. The molecular formula is C21H21N5O. The van der Waals surface area contributed by atoms with E-state index in [2.05, 4.69) is 38.3 Å². The number of aliphatic imine (C=N–C) groups is 1. The highest BCUT2D eigenvalue weighted by molar-refractivity contribution is 5.99. The normalized spacial score (nSPS) is 16.4. The molecule has 0 saturated carbocycles. The number of carbonyl (C=O) groups excluding carboxylic acids is 1. The molecule has 6 nitrogen and oxygen atoms in total. The molecule has 0 radical (unpaired) electrons. The second-order valence-electron chi connectivity index (χ2n) is 6.97. The van der Waals surface area contributed by atoms with Crippen LogP contribution in [0, 0.1) is 12.8 Å². The van der Waals surface area contributed by atoms with Crippen molar-refractivity contribution < 1.29 is 4.79 Å². The quantitative estimate of drug-likeness (QED) is 0.664. The van der Waals surface area contributed by atoms with Crippen LogP contribution in [-0.2, 0) is 0 Å². The van der Waals surface area contributed by atoms with E-state index in [1.54, 1.807) is 13.1 Å². The van der Waals surface area contributed by atoms with Crippen molar-refractivity contribution in [2.75, 3.05) is 5.32 Å². The summed E-state index contributed by atoms with van der Waals surface area (Å²) in [5, 5.41) is 4.24. The van der Waals surface area contributed by atoms with Gasteiger partial charge in [0, 0.05) is 35.9 Å². The monoisotopic (exact) mass is 359 g/mol. The first-order valence-electron chi connectivity index (χ1n) is 8.98. The van der Waals surface area contributed by atoms with Gasteiger partial charge in [0.2, 0.25) is 5.95 Å². The predicted molar refractivity (Wildman–Crippen MR) is 109 cm³/mol. The third-order valence-corrected chi connectivity index (χ3v) is 4.63. The van der Waals surface area contributed by atoms with Crippen LogP contribution < -0.4 is 5.32 Å². The van der Waals surface area contributed by atoms with Crippen LogP contribution in [-0.4, -0.2) is 26.9 Å². The fraction of sp³-hybridized carbons (Fsp3) is 0.238. The zero-order chi connectivity index (χ0) is 19.0. The van der Waals surface area contributed by atoms with Crippen LogP contribution >= 0.6 is 0 Å². The minimum absolute atomic E-state index is 0.0202. The van der Waals surface area contributed by atoms with Gasteiger partial charge in [-0.15, -0.1) is 0 Å². The van der Waals surface area contributed by atoms with Gasteiger partial charge in [-0.2, -0.15) is 0 Å². The van der Waals surface area contributed by atoms with Crippen molar-refractivity contribution in [3.8, 4) is 0 Å². The largest absolute Gasteiger partial charge is 0.352 e. The molecule has 1 aromatic carbocycles. The Morgan fingerprint density at radius 1 is 1.30 bits per heavy atom. The first-order chi connectivity index (χ1) is 13.0. The van der Waals surface area contributed by atoms with Crippen LogP contribution in [0.15, 0.2) is 41.5 Å². The minimum Gasteiger partial charge on any atom is -0.352 e.